The first-order valence-electron chi connectivity index (χ1n) is 6.16. The van der Waals surface area contributed by atoms with Gasteiger partial charge in [-0.25, -0.2) is 0 Å². The fraction of sp³-hybridized carbons (Fsp3) is 0.400. The van der Waals surface area contributed by atoms with Crippen molar-refractivity contribution in [3.8, 4) is 5.75 Å². The topological polar surface area (TPSA) is 46.5 Å². The molecule has 0 bridgehead atoms. The maximum absolute atomic E-state index is 11.5. The van der Waals surface area contributed by atoms with Crippen LogP contribution < -0.4 is 4.74 Å². The third kappa shape index (κ3) is 2.55. The van der Waals surface area contributed by atoms with E-state index in [1.807, 2.05) is 12.1 Å². The summed E-state index contributed by atoms with van der Waals surface area (Å²) in [6.45, 7) is 3.80. The molecule has 2 atom stereocenters. The predicted octanol–water partition coefficient (Wildman–Crippen LogP) is 3.08. The van der Waals surface area contributed by atoms with Crippen molar-refractivity contribution in [1.82, 2.24) is 0 Å². The van der Waals surface area contributed by atoms with E-state index in [1.165, 1.54) is 0 Å². The Morgan fingerprint density at radius 2 is 2.06 bits per heavy atom. The Morgan fingerprint density at radius 3 is 2.44 bits per heavy atom. The lowest BCUT2D eigenvalue weighted by molar-refractivity contribution is -0.140. The van der Waals surface area contributed by atoms with Gasteiger partial charge in [-0.15, -0.1) is 6.58 Å². The molecular weight excluding hydrogens is 228 g/mol. The number of benzene rings is 1. The number of allylic oxidation sites excluding steroid dienone is 1. The molecule has 1 saturated carbocycles. The van der Waals surface area contributed by atoms with Crippen molar-refractivity contribution in [2.75, 3.05) is 7.11 Å². The lowest BCUT2D eigenvalue weighted by Crippen LogP contribution is -2.21. The first-order chi connectivity index (χ1) is 8.67. The summed E-state index contributed by atoms with van der Waals surface area (Å²) < 4.78 is 5.09. The Morgan fingerprint density at radius 1 is 1.44 bits per heavy atom. The number of ether oxygens (including phenoxy) is 1. The Balaban J connectivity index is 2.27. The third-order valence-electron chi connectivity index (χ3n) is 3.56. The number of carboxylic acid groups (broad SMARTS) is 1. The summed E-state index contributed by atoms with van der Waals surface area (Å²) in [4.78, 5) is 11.5. The largest absolute Gasteiger partial charge is 0.497 e. The highest BCUT2D eigenvalue weighted by molar-refractivity contribution is 5.77. The van der Waals surface area contributed by atoms with Crippen LogP contribution in [0.1, 0.15) is 24.3 Å². The Kier molecular flexibility index (Phi) is 3.70. The molecule has 96 valence electrons. The van der Waals surface area contributed by atoms with E-state index in [2.05, 4.69) is 6.58 Å². The monoisotopic (exact) mass is 246 g/mol. The zero-order valence-electron chi connectivity index (χ0n) is 10.5. The first-order valence-corrected chi connectivity index (χ1v) is 6.16. The molecule has 1 N–H and O–H groups in total. The molecular formula is C15H18O3. The molecule has 0 spiro atoms. The van der Waals surface area contributed by atoms with Gasteiger partial charge in [-0.05, 0) is 42.4 Å². The molecule has 2 rings (SSSR count). The van der Waals surface area contributed by atoms with Gasteiger partial charge in [0.05, 0.1) is 13.0 Å². The predicted molar refractivity (Wildman–Crippen MR) is 69.8 cm³/mol. The maximum atomic E-state index is 11.5. The van der Waals surface area contributed by atoms with Gasteiger partial charge in [0, 0.05) is 0 Å². The van der Waals surface area contributed by atoms with E-state index in [1.54, 1.807) is 25.3 Å². The van der Waals surface area contributed by atoms with Gasteiger partial charge < -0.3 is 9.84 Å². The van der Waals surface area contributed by atoms with Crippen LogP contribution in [0.4, 0.5) is 0 Å². The highest BCUT2D eigenvalue weighted by Crippen LogP contribution is 2.44. The second-order valence-electron chi connectivity index (χ2n) is 4.74. The molecule has 0 amide bonds. The van der Waals surface area contributed by atoms with Crippen LogP contribution >= 0.6 is 0 Å². The average Bonchev–Trinajstić information content (AvgIpc) is 3.20. The van der Waals surface area contributed by atoms with Gasteiger partial charge in [0.15, 0.2) is 0 Å². The molecule has 3 nitrogen and oxygen atoms in total. The van der Waals surface area contributed by atoms with Gasteiger partial charge in [-0.3, -0.25) is 4.79 Å². The zero-order valence-corrected chi connectivity index (χ0v) is 10.5. The first kappa shape index (κ1) is 12.7. The SMILES string of the molecule is C=C[C@@H](C1CC1)[C@H](C(=O)O)c1ccc(OC)cc1. The second kappa shape index (κ2) is 5.25. The van der Waals surface area contributed by atoms with E-state index in [0.29, 0.717) is 5.92 Å². The van der Waals surface area contributed by atoms with Crippen molar-refractivity contribution in [1.29, 1.82) is 0 Å². The minimum atomic E-state index is -0.781. The number of hydrogen-bond acceptors (Lipinski definition) is 2. The number of hydrogen-bond donors (Lipinski definition) is 1. The summed E-state index contributed by atoms with van der Waals surface area (Å²) in [6, 6.07) is 7.27. The Bertz CT molecular complexity index is 432. The van der Waals surface area contributed by atoms with E-state index in [9.17, 15) is 9.90 Å². The molecule has 1 aliphatic carbocycles. The summed E-state index contributed by atoms with van der Waals surface area (Å²) in [5, 5.41) is 9.45. The van der Waals surface area contributed by atoms with Crippen molar-refractivity contribution < 1.29 is 14.6 Å². The number of carbonyl (C=O) groups is 1. The average molecular weight is 246 g/mol. The molecule has 0 aromatic heterocycles. The summed E-state index contributed by atoms with van der Waals surface area (Å²) in [7, 11) is 1.60. The standard InChI is InChI=1S/C15H18O3/c1-3-13(10-4-5-10)14(15(16)17)11-6-8-12(18-2)9-7-11/h3,6-10,13-14H,1,4-5H2,2H3,(H,16,17)/t13-,14+/m0/s1. The van der Waals surface area contributed by atoms with Crippen molar-refractivity contribution in [3.63, 3.8) is 0 Å². The van der Waals surface area contributed by atoms with E-state index >= 15 is 0 Å². The molecule has 1 fully saturated rings. The van der Waals surface area contributed by atoms with Crippen molar-refractivity contribution in [2.45, 2.75) is 18.8 Å². The number of carboxylic acids is 1. The van der Waals surface area contributed by atoms with Crippen molar-refractivity contribution in [3.05, 3.63) is 42.5 Å². The highest BCUT2D eigenvalue weighted by atomic mass is 16.5. The number of methoxy groups -OCH3 is 1. The highest BCUT2D eigenvalue weighted by Gasteiger charge is 2.38. The van der Waals surface area contributed by atoms with Crippen molar-refractivity contribution >= 4 is 5.97 Å². The van der Waals surface area contributed by atoms with Crippen LogP contribution in [0.3, 0.4) is 0 Å². The van der Waals surface area contributed by atoms with Gasteiger partial charge in [-0.1, -0.05) is 18.2 Å². The lowest BCUT2D eigenvalue weighted by atomic mass is 9.83. The number of aliphatic carboxylic acids is 1. The summed E-state index contributed by atoms with van der Waals surface area (Å²) in [5.41, 5.74) is 0.820. The molecule has 3 heteroatoms. The van der Waals surface area contributed by atoms with E-state index in [0.717, 1.165) is 24.2 Å². The quantitative estimate of drug-likeness (QED) is 0.785. The molecule has 1 aromatic rings. The van der Waals surface area contributed by atoms with Crippen LogP contribution in [0.25, 0.3) is 0 Å². The fourth-order valence-electron chi connectivity index (χ4n) is 2.42. The smallest absolute Gasteiger partial charge is 0.311 e. The van der Waals surface area contributed by atoms with Crippen LogP contribution in [-0.2, 0) is 4.79 Å². The molecule has 18 heavy (non-hydrogen) atoms. The molecule has 0 radical (unpaired) electrons. The number of rotatable bonds is 6. The summed E-state index contributed by atoms with van der Waals surface area (Å²) in [5.74, 6) is -0.0380. The van der Waals surface area contributed by atoms with Gasteiger partial charge >= 0.3 is 5.97 Å². The van der Waals surface area contributed by atoms with E-state index < -0.39 is 11.9 Å². The third-order valence-corrected chi connectivity index (χ3v) is 3.56. The van der Waals surface area contributed by atoms with Gasteiger partial charge in [0.25, 0.3) is 0 Å². The van der Waals surface area contributed by atoms with E-state index in [4.69, 9.17) is 4.74 Å². The second-order valence-corrected chi connectivity index (χ2v) is 4.74. The molecule has 0 saturated heterocycles. The van der Waals surface area contributed by atoms with Gasteiger partial charge in [0.2, 0.25) is 0 Å². The summed E-state index contributed by atoms with van der Waals surface area (Å²) >= 11 is 0. The van der Waals surface area contributed by atoms with Crippen molar-refractivity contribution in [2.24, 2.45) is 11.8 Å². The normalized spacial score (nSPS) is 17.8. The molecule has 0 unspecified atom stereocenters. The fourth-order valence-corrected chi connectivity index (χ4v) is 2.42. The van der Waals surface area contributed by atoms with Crippen LogP contribution in [-0.4, -0.2) is 18.2 Å². The van der Waals surface area contributed by atoms with Crippen LogP contribution in [0.15, 0.2) is 36.9 Å². The van der Waals surface area contributed by atoms with Crippen LogP contribution in [0, 0.1) is 11.8 Å². The van der Waals surface area contributed by atoms with Crippen LogP contribution in [0.2, 0.25) is 0 Å². The maximum Gasteiger partial charge on any atom is 0.311 e. The Labute approximate surface area is 107 Å². The molecule has 0 heterocycles. The minimum absolute atomic E-state index is 0.0240. The lowest BCUT2D eigenvalue weighted by Gasteiger charge is -2.21. The Hall–Kier alpha value is -1.77. The van der Waals surface area contributed by atoms with Gasteiger partial charge in [-0.2, -0.15) is 0 Å². The summed E-state index contributed by atoms with van der Waals surface area (Å²) in [6.07, 6.45) is 4.01. The molecule has 1 aliphatic rings. The van der Waals surface area contributed by atoms with Crippen LogP contribution in [0.5, 0.6) is 5.75 Å². The van der Waals surface area contributed by atoms with E-state index in [-0.39, 0.29) is 5.92 Å². The zero-order chi connectivity index (χ0) is 13.1. The molecule has 1 aromatic carbocycles. The minimum Gasteiger partial charge on any atom is -0.497 e. The van der Waals surface area contributed by atoms with Gasteiger partial charge in [0.1, 0.15) is 5.75 Å². The molecule has 0 aliphatic heterocycles.